The molecule has 0 aliphatic rings. The van der Waals surface area contributed by atoms with E-state index in [9.17, 15) is 0 Å². The topological polar surface area (TPSA) is 141 Å². The van der Waals surface area contributed by atoms with E-state index < -0.39 is 0 Å². The van der Waals surface area contributed by atoms with Crippen molar-refractivity contribution in [1.82, 2.24) is 30.6 Å². The van der Waals surface area contributed by atoms with Crippen LogP contribution in [0.3, 0.4) is 0 Å². The number of H-pyrrole nitrogens is 1. The standard InChI is InChI=1S/C16H21N9S/c1-12-14(25-11-24-12)9-26-6-5-20-16(23-10-17)19-4-2-3-13-7-21-15(18)22-8-13/h2-3,7-8,11H,4-6,9H2,1H3,(H,24,25)(H2,18,21,22)(H2,19,20,23). The molecule has 2 heterocycles. The summed E-state index contributed by atoms with van der Waals surface area (Å²) >= 11 is 1.75. The smallest absolute Gasteiger partial charge is 0.219 e. The number of nitriles is 1. The van der Waals surface area contributed by atoms with E-state index in [-0.39, 0.29) is 5.95 Å². The van der Waals surface area contributed by atoms with Crippen LogP contribution in [-0.4, -0.2) is 44.7 Å². The number of rotatable bonds is 8. The van der Waals surface area contributed by atoms with Crippen LogP contribution in [0, 0.1) is 18.4 Å². The number of aliphatic imine (C=N–C) groups is 1. The Balaban J connectivity index is 1.71. The van der Waals surface area contributed by atoms with Crippen LogP contribution in [-0.2, 0) is 5.75 Å². The molecule has 0 atom stereocenters. The summed E-state index contributed by atoms with van der Waals surface area (Å²) in [5.74, 6) is 2.37. The fraction of sp³-hybridized carbons (Fsp3) is 0.312. The van der Waals surface area contributed by atoms with Gasteiger partial charge in [0.1, 0.15) is 0 Å². The molecule has 0 fully saturated rings. The van der Waals surface area contributed by atoms with E-state index in [0.29, 0.717) is 19.0 Å². The molecule has 10 heteroatoms. The fourth-order valence-electron chi connectivity index (χ4n) is 1.90. The van der Waals surface area contributed by atoms with Crippen molar-refractivity contribution in [1.29, 1.82) is 5.26 Å². The number of nitrogens with zero attached hydrogens (tertiary/aromatic N) is 5. The predicted octanol–water partition coefficient (Wildman–Crippen LogP) is 1.05. The Labute approximate surface area is 156 Å². The molecule has 0 aliphatic carbocycles. The van der Waals surface area contributed by atoms with E-state index in [2.05, 4.69) is 35.6 Å². The van der Waals surface area contributed by atoms with Crippen LogP contribution < -0.4 is 16.4 Å². The van der Waals surface area contributed by atoms with Crippen molar-refractivity contribution in [2.45, 2.75) is 12.7 Å². The van der Waals surface area contributed by atoms with Gasteiger partial charge >= 0.3 is 0 Å². The lowest BCUT2D eigenvalue weighted by atomic mass is 10.3. The number of thioether (sulfide) groups is 1. The second kappa shape index (κ2) is 10.7. The molecule has 5 N–H and O–H groups in total. The maximum atomic E-state index is 8.81. The van der Waals surface area contributed by atoms with Gasteiger partial charge in [-0.3, -0.25) is 10.3 Å². The highest BCUT2D eigenvalue weighted by atomic mass is 32.2. The lowest BCUT2D eigenvalue weighted by Crippen LogP contribution is -2.34. The first-order valence-corrected chi connectivity index (χ1v) is 9.08. The number of aromatic amines is 1. The zero-order valence-electron chi connectivity index (χ0n) is 14.4. The molecule has 0 saturated heterocycles. The molecule has 0 radical (unpaired) electrons. The molecule has 136 valence electrons. The second-order valence-electron chi connectivity index (χ2n) is 5.15. The third-order valence-corrected chi connectivity index (χ3v) is 4.19. The SMILES string of the molecule is Cc1[nH]cnc1CSCCN=C(NC#N)NCC=Cc1cnc(N)nc1. The van der Waals surface area contributed by atoms with Gasteiger partial charge in [-0.2, -0.15) is 17.0 Å². The third kappa shape index (κ3) is 6.82. The van der Waals surface area contributed by atoms with Gasteiger partial charge in [-0.1, -0.05) is 12.2 Å². The summed E-state index contributed by atoms with van der Waals surface area (Å²) in [4.78, 5) is 19.5. The van der Waals surface area contributed by atoms with Gasteiger partial charge in [0.05, 0.1) is 18.6 Å². The van der Waals surface area contributed by atoms with Gasteiger partial charge in [0.25, 0.3) is 0 Å². The van der Waals surface area contributed by atoms with Crippen molar-refractivity contribution >= 4 is 29.7 Å². The van der Waals surface area contributed by atoms with Crippen molar-refractivity contribution < 1.29 is 0 Å². The van der Waals surface area contributed by atoms with Crippen molar-refractivity contribution in [2.75, 3.05) is 24.6 Å². The maximum absolute atomic E-state index is 8.81. The minimum atomic E-state index is 0.244. The highest BCUT2D eigenvalue weighted by Crippen LogP contribution is 2.11. The summed E-state index contributed by atoms with van der Waals surface area (Å²) in [6, 6.07) is 0. The van der Waals surface area contributed by atoms with E-state index in [4.69, 9.17) is 11.0 Å². The van der Waals surface area contributed by atoms with Crippen LogP contribution in [0.4, 0.5) is 5.95 Å². The summed E-state index contributed by atoms with van der Waals surface area (Å²) in [5.41, 5.74) is 8.43. The Morgan fingerprint density at radius 2 is 2.23 bits per heavy atom. The van der Waals surface area contributed by atoms with Gasteiger partial charge in [0.2, 0.25) is 11.9 Å². The number of nitrogens with one attached hydrogen (secondary N) is 3. The number of aromatic nitrogens is 4. The zero-order valence-corrected chi connectivity index (χ0v) is 15.3. The van der Waals surface area contributed by atoms with Crippen LogP contribution in [0.1, 0.15) is 17.0 Å². The Morgan fingerprint density at radius 3 is 2.92 bits per heavy atom. The van der Waals surface area contributed by atoms with E-state index in [1.165, 1.54) is 0 Å². The van der Waals surface area contributed by atoms with Crippen molar-refractivity contribution in [2.24, 2.45) is 4.99 Å². The summed E-state index contributed by atoms with van der Waals surface area (Å²) in [6.45, 7) is 3.11. The molecule has 2 aromatic heterocycles. The van der Waals surface area contributed by atoms with Crippen molar-refractivity contribution in [3.63, 3.8) is 0 Å². The highest BCUT2D eigenvalue weighted by molar-refractivity contribution is 7.98. The van der Waals surface area contributed by atoms with E-state index in [1.807, 2.05) is 25.3 Å². The molecule has 0 unspecified atom stereocenters. The molecule has 9 nitrogen and oxygen atoms in total. The second-order valence-corrected chi connectivity index (χ2v) is 6.26. The van der Waals surface area contributed by atoms with Gasteiger partial charge in [0, 0.05) is 41.7 Å². The number of hydrogen-bond donors (Lipinski definition) is 4. The largest absolute Gasteiger partial charge is 0.368 e. The summed E-state index contributed by atoms with van der Waals surface area (Å²) < 4.78 is 0. The molecule has 2 rings (SSSR count). The fourth-order valence-corrected chi connectivity index (χ4v) is 2.75. The van der Waals surface area contributed by atoms with Gasteiger partial charge < -0.3 is 16.0 Å². The van der Waals surface area contributed by atoms with Crippen LogP contribution in [0.5, 0.6) is 0 Å². The predicted molar refractivity (Wildman–Crippen MR) is 104 cm³/mol. The van der Waals surface area contributed by atoms with Gasteiger partial charge in [-0.25, -0.2) is 15.0 Å². The van der Waals surface area contributed by atoms with E-state index in [1.54, 1.807) is 30.5 Å². The Hall–Kier alpha value is -3.06. The number of hydrogen-bond acceptors (Lipinski definition) is 7. The normalized spacial score (nSPS) is 11.5. The van der Waals surface area contributed by atoms with Crippen LogP contribution in [0.25, 0.3) is 6.08 Å². The van der Waals surface area contributed by atoms with E-state index in [0.717, 1.165) is 28.5 Å². The minimum Gasteiger partial charge on any atom is -0.368 e. The number of aryl methyl sites for hydroxylation is 1. The lowest BCUT2D eigenvalue weighted by Gasteiger charge is -2.05. The van der Waals surface area contributed by atoms with Crippen LogP contribution >= 0.6 is 11.8 Å². The molecule has 0 spiro atoms. The Morgan fingerprint density at radius 1 is 1.42 bits per heavy atom. The molecular formula is C16H21N9S. The first kappa shape index (κ1) is 19.3. The average molecular weight is 371 g/mol. The lowest BCUT2D eigenvalue weighted by molar-refractivity contribution is 0.956. The third-order valence-electron chi connectivity index (χ3n) is 3.24. The van der Waals surface area contributed by atoms with Crippen molar-refractivity contribution in [3.05, 3.63) is 41.7 Å². The minimum absolute atomic E-state index is 0.244. The first-order chi connectivity index (χ1) is 12.7. The van der Waals surface area contributed by atoms with Gasteiger partial charge in [0.15, 0.2) is 6.19 Å². The van der Waals surface area contributed by atoms with Gasteiger partial charge in [-0.15, -0.1) is 0 Å². The first-order valence-electron chi connectivity index (χ1n) is 7.93. The molecule has 0 aromatic carbocycles. The summed E-state index contributed by atoms with van der Waals surface area (Å²) in [6.07, 6.45) is 10.6. The molecule has 0 saturated carbocycles. The average Bonchev–Trinajstić information content (AvgIpc) is 3.04. The monoisotopic (exact) mass is 371 g/mol. The number of nitrogen functional groups attached to an aromatic ring is 1. The number of nitrogens with two attached hydrogens (primary N) is 1. The molecule has 0 bridgehead atoms. The zero-order chi connectivity index (χ0) is 18.6. The quantitative estimate of drug-likeness (QED) is 0.177. The van der Waals surface area contributed by atoms with E-state index >= 15 is 0 Å². The number of anilines is 1. The molecule has 0 aliphatic heterocycles. The molecule has 2 aromatic rings. The number of imidazole rings is 1. The van der Waals surface area contributed by atoms with Crippen molar-refractivity contribution in [3.8, 4) is 6.19 Å². The highest BCUT2D eigenvalue weighted by Gasteiger charge is 2.01. The summed E-state index contributed by atoms with van der Waals surface area (Å²) in [7, 11) is 0. The van der Waals surface area contributed by atoms with Crippen LogP contribution in [0.15, 0.2) is 29.8 Å². The molecule has 26 heavy (non-hydrogen) atoms. The Bertz CT molecular complexity index is 774. The maximum Gasteiger partial charge on any atom is 0.219 e. The molecular weight excluding hydrogens is 350 g/mol. The summed E-state index contributed by atoms with van der Waals surface area (Å²) in [5, 5.41) is 14.4. The van der Waals surface area contributed by atoms with Crippen LogP contribution in [0.2, 0.25) is 0 Å². The van der Waals surface area contributed by atoms with Gasteiger partial charge in [-0.05, 0) is 6.92 Å². The Kier molecular flexibility index (Phi) is 7.95. The number of guanidine groups is 1. The molecule has 0 amide bonds.